The molecule has 0 aliphatic heterocycles. The first-order valence-electron chi connectivity index (χ1n) is 31.7. The minimum Gasteiger partial charge on any atom is -0.462 e. The molecule has 0 saturated carbocycles. The zero-order valence-electron chi connectivity index (χ0n) is 49.3. The Bertz CT molecular complexity index is 1480. The Kier molecular flexibility index (Phi) is 59.8. The Hall–Kier alpha value is -3.67. The van der Waals surface area contributed by atoms with E-state index in [-0.39, 0.29) is 31.6 Å². The number of carbonyl (C=O) groups excluding carboxylic acids is 3. The Morgan fingerprint density at radius 1 is 0.280 bits per heavy atom. The molecule has 0 bridgehead atoms. The molecule has 1 unspecified atom stereocenters. The second kappa shape index (κ2) is 62.9. The second-order valence-corrected chi connectivity index (χ2v) is 20.9. The molecule has 0 fully saturated rings. The van der Waals surface area contributed by atoms with Gasteiger partial charge in [-0.3, -0.25) is 14.4 Å². The van der Waals surface area contributed by atoms with Gasteiger partial charge in [-0.15, -0.1) is 0 Å². The topological polar surface area (TPSA) is 78.9 Å². The highest BCUT2D eigenvalue weighted by Crippen LogP contribution is 2.16. The monoisotopic (exact) mass is 1040 g/mol. The van der Waals surface area contributed by atoms with Gasteiger partial charge in [0.05, 0.1) is 0 Å². The Labute approximate surface area is 464 Å². The van der Waals surface area contributed by atoms with Crippen LogP contribution in [0.15, 0.2) is 97.2 Å². The molecular weight excluding hydrogens is 925 g/mol. The summed E-state index contributed by atoms with van der Waals surface area (Å²) in [5.74, 6) is -0.996. The van der Waals surface area contributed by atoms with E-state index in [1.54, 1.807) is 0 Å². The van der Waals surface area contributed by atoms with Gasteiger partial charge in [0.15, 0.2) is 6.10 Å². The first-order valence-corrected chi connectivity index (χ1v) is 31.7. The molecule has 0 saturated heterocycles. The van der Waals surface area contributed by atoms with Crippen molar-refractivity contribution in [2.24, 2.45) is 0 Å². The van der Waals surface area contributed by atoms with Gasteiger partial charge in [0.1, 0.15) is 13.2 Å². The maximum atomic E-state index is 12.9. The smallest absolute Gasteiger partial charge is 0.306 e. The van der Waals surface area contributed by atoms with Gasteiger partial charge in [-0.2, -0.15) is 0 Å². The number of rotatable bonds is 57. The summed E-state index contributed by atoms with van der Waals surface area (Å²) in [5, 5.41) is 0. The van der Waals surface area contributed by atoms with Crippen molar-refractivity contribution in [1.29, 1.82) is 0 Å². The fourth-order valence-corrected chi connectivity index (χ4v) is 8.81. The van der Waals surface area contributed by atoms with E-state index >= 15 is 0 Å². The third-order valence-corrected chi connectivity index (χ3v) is 13.6. The van der Waals surface area contributed by atoms with Gasteiger partial charge in [-0.1, -0.05) is 272 Å². The largest absolute Gasteiger partial charge is 0.462 e. The molecule has 0 spiro atoms. The van der Waals surface area contributed by atoms with Crippen molar-refractivity contribution in [3.63, 3.8) is 0 Å². The molecule has 0 rings (SSSR count). The zero-order chi connectivity index (χ0) is 54.3. The van der Waals surface area contributed by atoms with Crippen LogP contribution in [-0.2, 0) is 28.6 Å². The summed E-state index contributed by atoms with van der Waals surface area (Å²) in [6, 6.07) is 0. The molecule has 430 valence electrons. The van der Waals surface area contributed by atoms with Gasteiger partial charge < -0.3 is 14.2 Å². The summed E-state index contributed by atoms with van der Waals surface area (Å²) < 4.78 is 16.8. The van der Waals surface area contributed by atoms with Gasteiger partial charge >= 0.3 is 17.9 Å². The molecule has 0 aliphatic carbocycles. The summed E-state index contributed by atoms with van der Waals surface area (Å²) in [5.41, 5.74) is 0. The molecular formula is C69H118O6. The van der Waals surface area contributed by atoms with Crippen LogP contribution in [0.4, 0.5) is 0 Å². The van der Waals surface area contributed by atoms with E-state index < -0.39 is 12.1 Å². The predicted octanol–water partition coefficient (Wildman–Crippen LogP) is 21.7. The average molecular weight is 1040 g/mol. The van der Waals surface area contributed by atoms with Crippen LogP contribution in [0.3, 0.4) is 0 Å². The van der Waals surface area contributed by atoms with Gasteiger partial charge in [0.25, 0.3) is 0 Å². The molecule has 0 amide bonds. The molecule has 6 nitrogen and oxygen atoms in total. The highest BCUT2D eigenvalue weighted by Gasteiger charge is 2.19. The number of ether oxygens (including phenoxy) is 3. The maximum Gasteiger partial charge on any atom is 0.306 e. The summed E-state index contributed by atoms with van der Waals surface area (Å²) in [4.78, 5) is 38.3. The number of unbranched alkanes of at least 4 members (excludes halogenated alkanes) is 30. The van der Waals surface area contributed by atoms with Crippen LogP contribution >= 0.6 is 0 Å². The van der Waals surface area contributed by atoms with Gasteiger partial charge in [-0.25, -0.2) is 0 Å². The van der Waals surface area contributed by atoms with E-state index in [2.05, 4.69) is 112 Å². The van der Waals surface area contributed by atoms with Crippen LogP contribution < -0.4 is 0 Å². The minimum absolute atomic E-state index is 0.110. The van der Waals surface area contributed by atoms with E-state index in [0.29, 0.717) is 19.3 Å². The second-order valence-electron chi connectivity index (χ2n) is 20.9. The molecule has 0 radical (unpaired) electrons. The lowest BCUT2D eigenvalue weighted by Crippen LogP contribution is -2.30. The normalized spacial score (nSPS) is 12.7. The molecule has 0 aromatic heterocycles. The van der Waals surface area contributed by atoms with E-state index in [1.807, 2.05) is 6.08 Å². The molecule has 0 aliphatic rings. The van der Waals surface area contributed by atoms with Crippen molar-refractivity contribution in [2.75, 3.05) is 13.2 Å². The van der Waals surface area contributed by atoms with E-state index in [9.17, 15) is 14.4 Å². The van der Waals surface area contributed by atoms with Gasteiger partial charge in [0, 0.05) is 19.3 Å². The zero-order valence-corrected chi connectivity index (χ0v) is 49.3. The lowest BCUT2D eigenvalue weighted by molar-refractivity contribution is -0.166. The van der Waals surface area contributed by atoms with E-state index in [0.717, 1.165) is 89.9 Å². The van der Waals surface area contributed by atoms with E-state index in [1.165, 1.54) is 167 Å². The van der Waals surface area contributed by atoms with Crippen molar-refractivity contribution in [1.82, 2.24) is 0 Å². The fraction of sp³-hybridized carbons (Fsp3) is 0.725. The summed E-state index contributed by atoms with van der Waals surface area (Å²) in [6.07, 6.45) is 84.3. The van der Waals surface area contributed by atoms with Gasteiger partial charge in [-0.05, 0) is 109 Å². The number of allylic oxidation sites excluding steroid dienone is 16. The summed E-state index contributed by atoms with van der Waals surface area (Å²) in [6.45, 7) is 6.48. The minimum atomic E-state index is -0.823. The van der Waals surface area contributed by atoms with Crippen molar-refractivity contribution in [3.05, 3.63) is 97.2 Å². The molecule has 0 aromatic carbocycles. The van der Waals surface area contributed by atoms with Crippen LogP contribution in [-0.4, -0.2) is 37.2 Å². The summed E-state index contributed by atoms with van der Waals surface area (Å²) in [7, 11) is 0. The standard InChI is InChI=1S/C69H118O6/c1-4-7-10-13-16-19-22-25-28-30-32-33-34-35-37-38-41-44-47-50-53-56-59-62-68(71)74-65-66(64-73-67(70)61-58-55-52-49-46-43-40-27-24-21-18-15-12-9-6-3)75-69(72)63-60-57-54-51-48-45-42-39-36-31-29-26-23-20-17-14-11-8-5-2/h8,11,17,20,26-27,29-30,32,36,39-40,45,48,54,57,66H,4-7,9-10,12-16,18-19,21-25,28,31,33-35,37-38,41-44,46-47,49-53,55-56,58-65H2,1-3H3/b11-8-,20-17-,29-26-,32-30-,39-36-,40-27-,48-45-,57-54-. The molecule has 6 heteroatoms. The van der Waals surface area contributed by atoms with Crippen molar-refractivity contribution in [3.8, 4) is 0 Å². The first-order chi connectivity index (χ1) is 37.0. The quantitative estimate of drug-likeness (QED) is 0.0261. The van der Waals surface area contributed by atoms with Crippen LogP contribution in [0.1, 0.15) is 303 Å². The van der Waals surface area contributed by atoms with Crippen LogP contribution in [0, 0.1) is 0 Å². The number of esters is 3. The third-order valence-electron chi connectivity index (χ3n) is 13.6. The molecule has 0 N–H and O–H groups in total. The molecule has 0 heterocycles. The van der Waals surface area contributed by atoms with Crippen molar-refractivity contribution >= 4 is 17.9 Å². The molecule has 1 atom stereocenters. The van der Waals surface area contributed by atoms with Gasteiger partial charge in [0.2, 0.25) is 0 Å². The Morgan fingerprint density at radius 2 is 0.547 bits per heavy atom. The number of carbonyl (C=O) groups is 3. The van der Waals surface area contributed by atoms with E-state index in [4.69, 9.17) is 14.2 Å². The summed E-state index contributed by atoms with van der Waals surface area (Å²) >= 11 is 0. The predicted molar refractivity (Wildman–Crippen MR) is 325 cm³/mol. The molecule has 0 aromatic rings. The van der Waals surface area contributed by atoms with Crippen molar-refractivity contribution in [2.45, 2.75) is 309 Å². The van der Waals surface area contributed by atoms with Crippen LogP contribution in [0.2, 0.25) is 0 Å². The fourth-order valence-electron chi connectivity index (χ4n) is 8.81. The molecule has 75 heavy (non-hydrogen) atoms. The first kappa shape index (κ1) is 71.3. The lowest BCUT2D eigenvalue weighted by atomic mass is 10.0. The van der Waals surface area contributed by atoms with Crippen LogP contribution in [0.25, 0.3) is 0 Å². The number of hydrogen-bond acceptors (Lipinski definition) is 6. The number of hydrogen-bond donors (Lipinski definition) is 0. The Balaban J connectivity index is 4.44. The Morgan fingerprint density at radius 3 is 0.867 bits per heavy atom. The highest BCUT2D eigenvalue weighted by atomic mass is 16.6. The van der Waals surface area contributed by atoms with Crippen LogP contribution in [0.5, 0.6) is 0 Å². The lowest BCUT2D eigenvalue weighted by Gasteiger charge is -2.18. The maximum absolute atomic E-state index is 12.9. The van der Waals surface area contributed by atoms with Crippen molar-refractivity contribution < 1.29 is 28.6 Å². The third kappa shape index (κ3) is 61.1. The SMILES string of the molecule is CC/C=C\C/C=C\C/C=C\C/C=C\C/C=C\C/C=C\CCC(=O)OC(COC(=O)CCCCCCC/C=C\CCCCCCCC)COC(=O)CCCCCCCCCCCCC/C=C\CCCCCCCCCC. The average Bonchev–Trinajstić information content (AvgIpc) is 3.41. The highest BCUT2D eigenvalue weighted by molar-refractivity contribution is 5.71.